The molecule has 1 aromatic carbocycles. The zero-order valence-corrected chi connectivity index (χ0v) is 12.4. The van der Waals surface area contributed by atoms with Crippen LogP contribution in [0.25, 0.3) is 0 Å². The van der Waals surface area contributed by atoms with Crippen LogP contribution in [-0.4, -0.2) is 21.6 Å². The summed E-state index contributed by atoms with van der Waals surface area (Å²) in [5.74, 6) is 0.955. The number of aromatic nitrogens is 2. The topological polar surface area (TPSA) is 47.1 Å². The summed E-state index contributed by atoms with van der Waals surface area (Å²) in [5, 5.41) is 0.566. The van der Waals surface area contributed by atoms with E-state index in [1.807, 2.05) is 41.9 Å². The smallest absolute Gasteiger partial charge is 0.127 e. The first-order valence-corrected chi connectivity index (χ1v) is 6.55. The molecule has 0 bridgehead atoms. The van der Waals surface area contributed by atoms with Crippen LogP contribution in [0.4, 0.5) is 5.69 Å². The minimum absolute atomic E-state index is 0.298. The first-order valence-electron chi connectivity index (χ1n) is 5.76. The van der Waals surface area contributed by atoms with E-state index in [9.17, 15) is 0 Å². The van der Waals surface area contributed by atoms with Crippen molar-refractivity contribution in [2.75, 3.05) is 11.9 Å². The molecule has 0 atom stereocenters. The summed E-state index contributed by atoms with van der Waals surface area (Å²) in [7, 11) is 3.92. The molecule has 1 aromatic heterocycles. The van der Waals surface area contributed by atoms with Gasteiger partial charge >= 0.3 is 0 Å². The zero-order valence-electron chi connectivity index (χ0n) is 10.8. The molecule has 19 heavy (non-hydrogen) atoms. The Balaban J connectivity index is 2.34. The first kappa shape index (κ1) is 13.8. The molecule has 0 amide bonds. The number of thiocarbonyl (C=S) groups is 1. The van der Waals surface area contributed by atoms with Crippen molar-refractivity contribution in [1.29, 1.82) is 0 Å². The predicted octanol–water partition coefficient (Wildman–Crippen LogP) is 2.34. The van der Waals surface area contributed by atoms with Crippen molar-refractivity contribution in [3.05, 3.63) is 47.0 Å². The largest absolute Gasteiger partial charge is 0.389 e. The van der Waals surface area contributed by atoms with E-state index < -0.39 is 0 Å². The van der Waals surface area contributed by atoms with Gasteiger partial charge in [-0.2, -0.15) is 0 Å². The molecule has 6 heteroatoms. The van der Waals surface area contributed by atoms with Crippen LogP contribution in [-0.2, 0) is 13.6 Å². The molecule has 0 saturated heterocycles. The molecule has 0 saturated carbocycles. The number of nitrogens with two attached hydrogens (primary N) is 1. The molecule has 2 aromatic rings. The Morgan fingerprint density at radius 1 is 1.53 bits per heavy atom. The van der Waals surface area contributed by atoms with Gasteiger partial charge in [-0.05, 0) is 12.1 Å². The van der Waals surface area contributed by atoms with Crippen LogP contribution in [0.2, 0.25) is 5.02 Å². The summed E-state index contributed by atoms with van der Waals surface area (Å²) in [6.07, 6.45) is 3.69. The minimum atomic E-state index is 0.298. The average Bonchev–Trinajstić information content (AvgIpc) is 2.74. The number of imidazole rings is 1. The van der Waals surface area contributed by atoms with Gasteiger partial charge in [-0.3, -0.25) is 0 Å². The van der Waals surface area contributed by atoms with Gasteiger partial charge in [0.2, 0.25) is 0 Å². The number of hydrogen-bond donors (Lipinski definition) is 1. The van der Waals surface area contributed by atoms with Crippen LogP contribution in [0.1, 0.15) is 11.4 Å². The van der Waals surface area contributed by atoms with Crippen molar-refractivity contribution in [3.8, 4) is 0 Å². The second-order valence-electron chi connectivity index (χ2n) is 4.31. The third-order valence-electron chi connectivity index (χ3n) is 2.95. The fraction of sp³-hybridized carbons (Fsp3) is 0.231. The molecule has 0 aliphatic carbocycles. The second kappa shape index (κ2) is 5.59. The second-order valence-corrected chi connectivity index (χ2v) is 5.16. The van der Waals surface area contributed by atoms with Gasteiger partial charge in [-0.1, -0.05) is 29.9 Å². The zero-order chi connectivity index (χ0) is 14.0. The molecule has 0 radical (unpaired) electrons. The molecular formula is C13H15ClN4S. The maximum atomic E-state index is 6.17. The maximum Gasteiger partial charge on any atom is 0.127 e. The lowest BCUT2D eigenvalue weighted by molar-refractivity contribution is 0.761. The number of benzene rings is 1. The monoisotopic (exact) mass is 294 g/mol. The molecule has 0 aliphatic rings. The van der Waals surface area contributed by atoms with Crippen LogP contribution in [0.3, 0.4) is 0 Å². The minimum Gasteiger partial charge on any atom is -0.389 e. The number of halogens is 1. The normalized spacial score (nSPS) is 10.5. The van der Waals surface area contributed by atoms with Gasteiger partial charge < -0.3 is 15.2 Å². The van der Waals surface area contributed by atoms with Gasteiger partial charge in [0.1, 0.15) is 10.8 Å². The van der Waals surface area contributed by atoms with Crippen LogP contribution in [0.5, 0.6) is 0 Å². The lowest BCUT2D eigenvalue weighted by Crippen LogP contribution is -2.23. The Kier molecular flexibility index (Phi) is 4.07. The molecule has 0 spiro atoms. The molecule has 4 nitrogen and oxygen atoms in total. The Bertz CT molecular complexity index is 608. The quantitative estimate of drug-likeness (QED) is 0.879. The number of aryl methyl sites for hydroxylation is 1. The number of hydrogen-bond acceptors (Lipinski definition) is 3. The van der Waals surface area contributed by atoms with Gasteiger partial charge in [-0.25, -0.2) is 4.98 Å². The Hall–Kier alpha value is -1.59. The summed E-state index contributed by atoms with van der Waals surface area (Å²) in [4.78, 5) is 6.63. The molecule has 0 aliphatic heterocycles. The lowest BCUT2D eigenvalue weighted by Gasteiger charge is -2.22. The molecule has 2 rings (SSSR count). The van der Waals surface area contributed by atoms with E-state index in [1.54, 1.807) is 12.3 Å². The van der Waals surface area contributed by atoms with E-state index in [2.05, 4.69) is 4.98 Å². The van der Waals surface area contributed by atoms with Crippen LogP contribution in [0.15, 0.2) is 30.6 Å². The number of rotatable bonds is 4. The van der Waals surface area contributed by atoms with Crippen molar-refractivity contribution in [1.82, 2.24) is 9.55 Å². The number of anilines is 1. The van der Waals surface area contributed by atoms with Crippen LogP contribution in [0, 0.1) is 0 Å². The standard InChI is InChI=1S/C13H15ClN4S/c1-17-7-6-16-11(17)8-18(2)10-5-3-4-9(14)12(10)13(15)19/h3-7H,8H2,1-2H3,(H2,15,19). The highest BCUT2D eigenvalue weighted by molar-refractivity contribution is 7.80. The highest BCUT2D eigenvalue weighted by Gasteiger charge is 2.14. The molecule has 1 heterocycles. The van der Waals surface area contributed by atoms with Crippen molar-refractivity contribution in [2.24, 2.45) is 12.8 Å². The molecule has 0 unspecified atom stereocenters. The highest BCUT2D eigenvalue weighted by Crippen LogP contribution is 2.27. The van der Waals surface area contributed by atoms with E-state index >= 15 is 0 Å². The van der Waals surface area contributed by atoms with Crippen molar-refractivity contribution in [3.63, 3.8) is 0 Å². The first-order chi connectivity index (χ1) is 9.00. The third kappa shape index (κ3) is 2.88. The number of nitrogens with zero attached hydrogens (tertiary/aromatic N) is 3. The summed E-state index contributed by atoms with van der Waals surface area (Å²) in [6.45, 7) is 0.652. The molecule has 2 N–H and O–H groups in total. The van der Waals surface area contributed by atoms with Crippen LogP contribution < -0.4 is 10.6 Å². The Morgan fingerprint density at radius 3 is 2.84 bits per heavy atom. The average molecular weight is 295 g/mol. The van der Waals surface area contributed by atoms with Crippen LogP contribution >= 0.6 is 23.8 Å². The summed E-state index contributed by atoms with van der Waals surface area (Å²) >= 11 is 11.2. The highest BCUT2D eigenvalue weighted by atomic mass is 35.5. The van der Waals surface area contributed by atoms with E-state index in [4.69, 9.17) is 29.6 Å². The summed E-state index contributed by atoms with van der Waals surface area (Å²) in [5.41, 5.74) is 7.37. The fourth-order valence-corrected chi connectivity index (χ4v) is 2.46. The van der Waals surface area contributed by atoms with Gasteiger partial charge in [0.25, 0.3) is 0 Å². The molecule has 100 valence electrons. The third-order valence-corrected chi connectivity index (χ3v) is 3.47. The fourth-order valence-electron chi connectivity index (χ4n) is 1.92. The SMILES string of the molecule is CN(Cc1nccn1C)c1cccc(Cl)c1C(N)=S. The summed E-state index contributed by atoms with van der Waals surface area (Å²) < 4.78 is 1.97. The van der Waals surface area contributed by atoms with E-state index in [-0.39, 0.29) is 0 Å². The van der Waals surface area contributed by atoms with Gasteiger partial charge in [0.15, 0.2) is 0 Å². The van der Waals surface area contributed by atoms with Crippen molar-refractivity contribution in [2.45, 2.75) is 6.54 Å². The maximum absolute atomic E-state index is 6.17. The summed E-state index contributed by atoms with van der Waals surface area (Å²) in [6, 6.07) is 5.62. The van der Waals surface area contributed by atoms with Crippen molar-refractivity contribution < 1.29 is 0 Å². The lowest BCUT2D eigenvalue weighted by atomic mass is 10.1. The van der Waals surface area contributed by atoms with Gasteiger partial charge in [0.05, 0.1) is 17.1 Å². The van der Waals surface area contributed by atoms with Gasteiger partial charge in [0, 0.05) is 32.2 Å². The molecule has 0 fully saturated rings. The van der Waals surface area contributed by atoms with Crippen molar-refractivity contribution >= 4 is 34.5 Å². The predicted molar refractivity (Wildman–Crippen MR) is 82.7 cm³/mol. The Labute approximate surface area is 122 Å². The van der Waals surface area contributed by atoms with E-state index in [0.29, 0.717) is 22.1 Å². The van der Waals surface area contributed by atoms with Gasteiger partial charge in [-0.15, -0.1) is 0 Å². The molecular weight excluding hydrogens is 280 g/mol. The Morgan fingerprint density at radius 2 is 2.26 bits per heavy atom. The van der Waals surface area contributed by atoms with E-state index in [0.717, 1.165) is 11.5 Å². The van der Waals surface area contributed by atoms with E-state index in [1.165, 1.54) is 0 Å².